The number of piperidine rings is 1. The predicted octanol–water partition coefficient (Wildman–Crippen LogP) is 2.49. The van der Waals surface area contributed by atoms with Gasteiger partial charge in [0, 0.05) is 37.2 Å². The lowest BCUT2D eigenvalue weighted by atomic mass is 10.1. The number of benzene rings is 1. The molecule has 0 spiro atoms. The van der Waals surface area contributed by atoms with Crippen LogP contribution in [0.5, 0.6) is 11.5 Å². The minimum absolute atomic E-state index is 0.248. The molecule has 7 heteroatoms. The maximum Gasteiger partial charge on any atom is 0.258 e. The van der Waals surface area contributed by atoms with Crippen LogP contribution >= 0.6 is 0 Å². The second kappa shape index (κ2) is 6.96. The molecule has 2 aromatic rings. The van der Waals surface area contributed by atoms with Crippen molar-refractivity contribution in [2.24, 2.45) is 0 Å². The number of fused-ring (bicyclic) bond motifs is 1. The smallest absolute Gasteiger partial charge is 0.258 e. The van der Waals surface area contributed by atoms with Crippen LogP contribution in [0.25, 0.3) is 0 Å². The van der Waals surface area contributed by atoms with Crippen molar-refractivity contribution in [3.8, 4) is 11.5 Å². The summed E-state index contributed by atoms with van der Waals surface area (Å²) < 4.78 is 11.0. The molecule has 0 saturated carbocycles. The number of nitrogens with one attached hydrogen (secondary N) is 1. The summed E-state index contributed by atoms with van der Waals surface area (Å²) in [5, 5.41) is 2.84. The molecule has 1 amide bonds. The number of carbonyl (C=O) groups is 1. The van der Waals surface area contributed by atoms with E-state index in [0.717, 1.165) is 25.9 Å². The Morgan fingerprint density at radius 1 is 1.00 bits per heavy atom. The van der Waals surface area contributed by atoms with Crippen LogP contribution in [0.2, 0.25) is 0 Å². The lowest BCUT2D eigenvalue weighted by Gasteiger charge is -2.26. The van der Waals surface area contributed by atoms with E-state index in [1.165, 1.54) is 6.42 Å². The van der Waals surface area contributed by atoms with Gasteiger partial charge in [0.1, 0.15) is 13.2 Å². The Morgan fingerprint density at radius 3 is 2.48 bits per heavy atom. The van der Waals surface area contributed by atoms with Crippen molar-refractivity contribution in [3.63, 3.8) is 0 Å². The monoisotopic (exact) mass is 340 g/mol. The van der Waals surface area contributed by atoms with E-state index < -0.39 is 0 Å². The molecule has 0 radical (unpaired) electrons. The number of carbonyl (C=O) groups excluding carboxylic acids is 1. The molecular weight excluding hydrogens is 320 g/mol. The van der Waals surface area contributed by atoms with Crippen LogP contribution in [0.4, 0.5) is 11.6 Å². The first-order valence-corrected chi connectivity index (χ1v) is 8.57. The largest absolute Gasteiger partial charge is 0.486 e. The summed E-state index contributed by atoms with van der Waals surface area (Å²) in [6.07, 6.45) is 6.73. The van der Waals surface area contributed by atoms with Gasteiger partial charge in [-0.2, -0.15) is 0 Å². The molecule has 3 heterocycles. The van der Waals surface area contributed by atoms with Crippen molar-refractivity contribution in [2.45, 2.75) is 19.3 Å². The molecule has 1 aromatic heterocycles. The third kappa shape index (κ3) is 3.50. The number of amides is 1. The first-order valence-electron chi connectivity index (χ1n) is 8.57. The summed E-state index contributed by atoms with van der Waals surface area (Å²) in [7, 11) is 0. The van der Waals surface area contributed by atoms with Gasteiger partial charge in [0.25, 0.3) is 5.91 Å². The van der Waals surface area contributed by atoms with Gasteiger partial charge in [0.2, 0.25) is 5.95 Å². The van der Waals surface area contributed by atoms with Gasteiger partial charge in [-0.1, -0.05) is 0 Å². The SMILES string of the molecule is O=C(Nc1ccc2c(c1)OCCO2)c1cnc(N2CCCCC2)nc1. The lowest BCUT2D eigenvalue weighted by molar-refractivity contribution is 0.102. The number of hydrogen-bond acceptors (Lipinski definition) is 6. The van der Waals surface area contributed by atoms with Crippen LogP contribution in [-0.2, 0) is 0 Å². The summed E-state index contributed by atoms with van der Waals surface area (Å²) in [6, 6.07) is 5.34. The predicted molar refractivity (Wildman–Crippen MR) is 93.5 cm³/mol. The zero-order valence-electron chi connectivity index (χ0n) is 13.9. The summed E-state index contributed by atoms with van der Waals surface area (Å²) in [5.41, 5.74) is 1.07. The number of nitrogens with zero attached hydrogens (tertiary/aromatic N) is 3. The molecule has 0 atom stereocenters. The average Bonchev–Trinajstić information content (AvgIpc) is 2.69. The van der Waals surface area contributed by atoms with Crippen molar-refractivity contribution in [2.75, 3.05) is 36.5 Å². The fraction of sp³-hybridized carbons (Fsp3) is 0.389. The van der Waals surface area contributed by atoms with Gasteiger partial charge >= 0.3 is 0 Å². The van der Waals surface area contributed by atoms with Crippen LogP contribution in [-0.4, -0.2) is 42.2 Å². The van der Waals surface area contributed by atoms with E-state index in [2.05, 4.69) is 20.2 Å². The van der Waals surface area contributed by atoms with Gasteiger partial charge < -0.3 is 19.7 Å². The lowest BCUT2D eigenvalue weighted by Crippen LogP contribution is -2.31. The maximum absolute atomic E-state index is 12.4. The molecular formula is C18H20N4O3. The summed E-state index contributed by atoms with van der Waals surface area (Å²) in [4.78, 5) is 23.2. The normalized spacial score (nSPS) is 16.4. The molecule has 2 aliphatic heterocycles. The molecule has 2 aliphatic rings. The average molecular weight is 340 g/mol. The van der Waals surface area contributed by atoms with Crippen LogP contribution in [0.15, 0.2) is 30.6 Å². The molecule has 130 valence electrons. The Labute approximate surface area is 146 Å². The molecule has 4 rings (SSSR count). The van der Waals surface area contributed by atoms with Gasteiger partial charge in [-0.15, -0.1) is 0 Å². The fourth-order valence-corrected chi connectivity index (χ4v) is 3.02. The van der Waals surface area contributed by atoms with Crippen LogP contribution in [0.3, 0.4) is 0 Å². The van der Waals surface area contributed by atoms with E-state index >= 15 is 0 Å². The fourth-order valence-electron chi connectivity index (χ4n) is 3.02. The second-order valence-electron chi connectivity index (χ2n) is 6.13. The van der Waals surface area contributed by atoms with Gasteiger partial charge in [0.15, 0.2) is 11.5 Å². The summed E-state index contributed by atoms with van der Waals surface area (Å²) >= 11 is 0. The van der Waals surface area contributed by atoms with Crippen LogP contribution < -0.4 is 19.7 Å². The van der Waals surface area contributed by atoms with Crippen LogP contribution in [0, 0.1) is 0 Å². The summed E-state index contributed by atoms with van der Waals surface area (Å²) in [6.45, 7) is 3.00. The van der Waals surface area contributed by atoms with E-state index in [0.29, 0.717) is 41.9 Å². The first-order chi connectivity index (χ1) is 12.3. The molecule has 1 aromatic carbocycles. The van der Waals surface area contributed by atoms with Crippen molar-refractivity contribution in [3.05, 3.63) is 36.2 Å². The van der Waals surface area contributed by atoms with Gasteiger partial charge in [-0.25, -0.2) is 9.97 Å². The quantitative estimate of drug-likeness (QED) is 0.925. The molecule has 1 saturated heterocycles. The van der Waals surface area contributed by atoms with E-state index in [-0.39, 0.29) is 5.91 Å². The number of anilines is 2. The minimum Gasteiger partial charge on any atom is -0.486 e. The van der Waals surface area contributed by atoms with E-state index in [4.69, 9.17) is 9.47 Å². The van der Waals surface area contributed by atoms with Gasteiger partial charge in [-0.3, -0.25) is 4.79 Å². The van der Waals surface area contributed by atoms with Gasteiger partial charge in [-0.05, 0) is 31.4 Å². The highest BCUT2D eigenvalue weighted by Crippen LogP contribution is 2.32. The molecule has 7 nitrogen and oxygen atoms in total. The standard InChI is InChI=1S/C18H20N4O3/c23-17(21-14-4-5-15-16(10-14)25-9-8-24-15)13-11-19-18(20-12-13)22-6-2-1-3-7-22/h4-5,10-12H,1-3,6-9H2,(H,21,23). The maximum atomic E-state index is 12.4. The van der Waals surface area contributed by atoms with E-state index in [9.17, 15) is 4.79 Å². The molecule has 25 heavy (non-hydrogen) atoms. The number of hydrogen-bond donors (Lipinski definition) is 1. The number of rotatable bonds is 3. The molecule has 1 N–H and O–H groups in total. The Morgan fingerprint density at radius 2 is 1.72 bits per heavy atom. The van der Waals surface area contributed by atoms with Crippen molar-refractivity contribution >= 4 is 17.5 Å². The third-order valence-corrected chi connectivity index (χ3v) is 4.34. The van der Waals surface area contributed by atoms with E-state index in [1.54, 1.807) is 30.6 Å². The van der Waals surface area contributed by atoms with Gasteiger partial charge in [0.05, 0.1) is 5.56 Å². The highest BCUT2D eigenvalue weighted by Gasteiger charge is 2.16. The Bertz CT molecular complexity index is 757. The number of aromatic nitrogens is 2. The highest BCUT2D eigenvalue weighted by molar-refractivity contribution is 6.04. The van der Waals surface area contributed by atoms with Crippen molar-refractivity contribution in [1.82, 2.24) is 9.97 Å². The summed E-state index contributed by atoms with van der Waals surface area (Å²) in [5.74, 6) is 1.77. The van der Waals surface area contributed by atoms with Crippen LogP contribution in [0.1, 0.15) is 29.6 Å². The number of ether oxygens (including phenoxy) is 2. The minimum atomic E-state index is -0.248. The van der Waals surface area contributed by atoms with E-state index in [1.807, 2.05) is 0 Å². The Hall–Kier alpha value is -2.83. The zero-order chi connectivity index (χ0) is 17.1. The topological polar surface area (TPSA) is 76.6 Å². The Balaban J connectivity index is 1.44. The molecule has 1 fully saturated rings. The molecule has 0 unspecified atom stereocenters. The molecule has 0 aliphatic carbocycles. The third-order valence-electron chi connectivity index (χ3n) is 4.34. The highest BCUT2D eigenvalue weighted by atomic mass is 16.6. The van der Waals surface area contributed by atoms with Crippen molar-refractivity contribution < 1.29 is 14.3 Å². The molecule has 0 bridgehead atoms. The zero-order valence-corrected chi connectivity index (χ0v) is 13.9. The van der Waals surface area contributed by atoms with Crippen molar-refractivity contribution in [1.29, 1.82) is 0 Å². The Kier molecular flexibility index (Phi) is 4.37. The second-order valence-corrected chi connectivity index (χ2v) is 6.13. The first kappa shape index (κ1) is 15.7.